The molecular weight excluding hydrogens is 390 g/mol. The van der Waals surface area contributed by atoms with Crippen LogP contribution in [0.5, 0.6) is 11.5 Å². The van der Waals surface area contributed by atoms with Crippen LogP contribution in [-0.4, -0.2) is 35.3 Å². The maximum atomic E-state index is 12.3. The van der Waals surface area contributed by atoms with E-state index in [-0.39, 0.29) is 17.0 Å². The van der Waals surface area contributed by atoms with Crippen LogP contribution in [-0.2, 0) is 11.2 Å². The van der Waals surface area contributed by atoms with Crippen molar-refractivity contribution in [3.8, 4) is 11.5 Å². The first-order valence-electron chi connectivity index (χ1n) is 7.61. The van der Waals surface area contributed by atoms with Gasteiger partial charge in [0.05, 0.1) is 12.9 Å². The van der Waals surface area contributed by atoms with E-state index in [2.05, 4.69) is 28.1 Å². The molecule has 126 valence electrons. The van der Waals surface area contributed by atoms with Gasteiger partial charge in [0.2, 0.25) is 5.91 Å². The van der Waals surface area contributed by atoms with E-state index in [1.807, 2.05) is 23.1 Å². The quantitative estimate of drug-likeness (QED) is 0.813. The Morgan fingerprint density at radius 3 is 2.75 bits per heavy atom. The predicted octanol–water partition coefficient (Wildman–Crippen LogP) is 3.98. The average molecular weight is 408 g/mol. The van der Waals surface area contributed by atoms with Crippen molar-refractivity contribution in [1.82, 2.24) is 4.90 Å². The van der Waals surface area contributed by atoms with Crippen molar-refractivity contribution in [3.63, 3.8) is 0 Å². The summed E-state index contributed by atoms with van der Waals surface area (Å²) < 4.78 is 6.23. The molecule has 6 heteroatoms. The van der Waals surface area contributed by atoms with Crippen LogP contribution in [0.15, 0.2) is 46.9 Å². The lowest BCUT2D eigenvalue weighted by atomic mass is 10.1. The molecule has 24 heavy (non-hydrogen) atoms. The Balaban J connectivity index is 1.75. The fourth-order valence-corrected chi connectivity index (χ4v) is 4.19. The number of hydrogen-bond donors (Lipinski definition) is 1. The zero-order valence-electron chi connectivity index (χ0n) is 13.2. The number of phenolic OH excluding ortho intramolecular Hbond substituents is 1. The molecule has 1 aliphatic rings. The summed E-state index contributed by atoms with van der Waals surface area (Å²) in [7, 11) is 1.52. The van der Waals surface area contributed by atoms with Crippen LogP contribution in [0.4, 0.5) is 0 Å². The summed E-state index contributed by atoms with van der Waals surface area (Å²) >= 11 is 5.04. The Hall–Kier alpha value is -1.66. The first-order chi connectivity index (χ1) is 11.6. The van der Waals surface area contributed by atoms with Crippen LogP contribution in [0.2, 0.25) is 0 Å². The van der Waals surface area contributed by atoms with Crippen molar-refractivity contribution in [2.24, 2.45) is 0 Å². The summed E-state index contributed by atoms with van der Waals surface area (Å²) in [6.07, 6.45) is 0.811. The molecule has 1 amide bonds. The van der Waals surface area contributed by atoms with E-state index in [0.717, 1.165) is 16.5 Å². The van der Waals surface area contributed by atoms with Crippen molar-refractivity contribution >= 4 is 33.6 Å². The summed E-state index contributed by atoms with van der Waals surface area (Å²) in [5.74, 6) is 1.17. The first-order valence-corrected chi connectivity index (χ1v) is 9.45. The fraction of sp³-hybridized carbons (Fsp3) is 0.278. The molecule has 2 aromatic rings. The van der Waals surface area contributed by atoms with Gasteiger partial charge in [0, 0.05) is 11.0 Å². The maximum absolute atomic E-state index is 12.3. The van der Waals surface area contributed by atoms with Crippen LogP contribution >= 0.6 is 27.7 Å². The zero-order valence-corrected chi connectivity index (χ0v) is 15.6. The molecular formula is C18H18BrNO3S. The summed E-state index contributed by atoms with van der Waals surface area (Å²) in [5, 5.41) is 9.71. The molecule has 1 N–H and O–H groups in total. The molecule has 2 aromatic carbocycles. The highest BCUT2D eigenvalue weighted by Gasteiger charge is 2.32. The number of carbonyl (C=O) groups is 1. The highest BCUT2D eigenvalue weighted by molar-refractivity contribution is 9.10. The number of benzene rings is 2. The number of carbonyl (C=O) groups excluding carboxylic acids is 1. The molecule has 0 aromatic heterocycles. The third kappa shape index (κ3) is 3.70. The van der Waals surface area contributed by atoms with Crippen LogP contribution in [0.3, 0.4) is 0 Å². The molecule has 1 heterocycles. The van der Waals surface area contributed by atoms with Crippen LogP contribution in [0.1, 0.15) is 16.5 Å². The molecule has 0 spiro atoms. The second-order valence-electron chi connectivity index (χ2n) is 5.56. The number of phenols is 1. The van der Waals surface area contributed by atoms with E-state index in [1.165, 1.54) is 12.7 Å². The van der Waals surface area contributed by atoms with E-state index in [9.17, 15) is 9.90 Å². The molecule has 1 saturated heterocycles. The number of hydrogen-bond acceptors (Lipinski definition) is 4. The van der Waals surface area contributed by atoms with E-state index < -0.39 is 0 Å². The summed E-state index contributed by atoms with van der Waals surface area (Å²) in [5.41, 5.74) is 2.17. The lowest BCUT2D eigenvalue weighted by Crippen LogP contribution is -2.30. The minimum atomic E-state index is -0.0394. The monoisotopic (exact) mass is 407 g/mol. The second kappa shape index (κ2) is 7.49. The Morgan fingerprint density at radius 1 is 1.29 bits per heavy atom. The molecule has 0 saturated carbocycles. The molecule has 0 radical (unpaired) electrons. The molecule has 1 atom stereocenters. The molecule has 4 nitrogen and oxygen atoms in total. The minimum Gasteiger partial charge on any atom is -0.504 e. The third-order valence-corrected chi connectivity index (χ3v) is 5.80. The number of nitrogens with zero attached hydrogens (tertiary/aromatic N) is 1. The largest absolute Gasteiger partial charge is 0.504 e. The number of aromatic hydroxyl groups is 1. The number of ether oxygens (including phenoxy) is 1. The first kappa shape index (κ1) is 17.2. The van der Waals surface area contributed by atoms with Gasteiger partial charge in [-0.2, -0.15) is 0 Å². The summed E-state index contributed by atoms with van der Waals surface area (Å²) in [6, 6.07) is 13.4. The Bertz CT molecular complexity index is 736. The lowest BCUT2D eigenvalue weighted by Gasteiger charge is -2.24. The van der Waals surface area contributed by atoms with Gasteiger partial charge in [0.1, 0.15) is 5.37 Å². The number of halogens is 1. The van der Waals surface area contributed by atoms with Crippen LogP contribution in [0.25, 0.3) is 0 Å². The molecule has 1 unspecified atom stereocenters. The van der Waals surface area contributed by atoms with Gasteiger partial charge in [0.15, 0.2) is 11.5 Å². The van der Waals surface area contributed by atoms with Gasteiger partial charge >= 0.3 is 0 Å². The Morgan fingerprint density at radius 2 is 2.04 bits per heavy atom. The van der Waals surface area contributed by atoms with Crippen molar-refractivity contribution in [3.05, 3.63) is 58.1 Å². The van der Waals surface area contributed by atoms with Gasteiger partial charge in [-0.25, -0.2) is 0 Å². The van der Waals surface area contributed by atoms with E-state index >= 15 is 0 Å². The number of methoxy groups -OCH3 is 1. The van der Waals surface area contributed by atoms with Gasteiger partial charge in [0.25, 0.3) is 0 Å². The van der Waals surface area contributed by atoms with E-state index in [0.29, 0.717) is 18.0 Å². The molecule has 0 aliphatic carbocycles. The third-order valence-electron chi connectivity index (χ3n) is 4.01. The molecule has 0 bridgehead atoms. The Kier molecular flexibility index (Phi) is 5.36. The second-order valence-corrected chi connectivity index (χ2v) is 7.54. The van der Waals surface area contributed by atoms with Gasteiger partial charge in [-0.3, -0.25) is 4.79 Å². The van der Waals surface area contributed by atoms with Crippen molar-refractivity contribution in [1.29, 1.82) is 0 Å². The highest BCUT2D eigenvalue weighted by Crippen LogP contribution is 2.41. The van der Waals surface area contributed by atoms with E-state index in [1.54, 1.807) is 23.9 Å². The summed E-state index contributed by atoms with van der Waals surface area (Å²) in [6.45, 7) is 0.668. The number of amides is 1. The van der Waals surface area contributed by atoms with Gasteiger partial charge in [-0.05, 0) is 41.8 Å². The minimum absolute atomic E-state index is 0.0394. The average Bonchev–Trinajstić information content (AvgIpc) is 2.96. The normalized spacial score (nSPS) is 17.3. The van der Waals surface area contributed by atoms with Crippen molar-refractivity contribution in [2.75, 3.05) is 19.4 Å². The maximum Gasteiger partial charge on any atom is 0.233 e. The highest BCUT2D eigenvalue weighted by atomic mass is 79.9. The summed E-state index contributed by atoms with van der Waals surface area (Å²) in [4.78, 5) is 14.2. The smallest absolute Gasteiger partial charge is 0.233 e. The van der Waals surface area contributed by atoms with Gasteiger partial charge < -0.3 is 14.7 Å². The van der Waals surface area contributed by atoms with Crippen molar-refractivity contribution in [2.45, 2.75) is 11.8 Å². The van der Waals surface area contributed by atoms with Gasteiger partial charge in [-0.1, -0.05) is 34.1 Å². The van der Waals surface area contributed by atoms with Crippen molar-refractivity contribution < 1.29 is 14.6 Å². The predicted molar refractivity (Wildman–Crippen MR) is 99.4 cm³/mol. The lowest BCUT2D eigenvalue weighted by molar-refractivity contribution is -0.128. The topological polar surface area (TPSA) is 49.8 Å². The zero-order chi connectivity index (χ0) is 17.1. The SMILES string of the molecule is COc1cc(C2SCC(=O)N2CCc2ccc(Br)cc2)ccc1O. The molecule has 1 fully saturated rings. The van der Waals surface area contributed by atoms with E-state index in [4.69, 9.17) is 4.74 Å². The van der Waals surface area contributed by atoms with Crippen LogP contribution < -0.4 is 4.74 Å². The fourth-order valence-electron chi connectivity index (χ4n) is 2.72. The standard InChI is InChI=1S/C18H18BrNO3S/c1-23-16-10-13(4-7-15(16)21)18-20(17(22)11-24-18)9-8-12-2-5-14(19)6-3-12/h2-7,10,18,21H,8-9,11H2,1H3. The molecule has 1 aliphatic heterocycles. The number of rotatable bonds is 5. The Labute approximate surface area is 153 Å². The number of thioether (sulfide) groups is 1. The van der Waals surface area contributed by atoms with Crippen LogP contribution in [0, 0.1) is 0 Å². The molecule has 3 rings (SSSR count). The van der Waals surface area contributed by atoms with Gasteiger partial charge in [-0.15, -0.1) is 11.8 Å².